The SMILES string of the molecule is Cc1ccc(-n2cnnn2)cc1NC(=O)NCc1nnc2n1CCC2. The Kier molecular flexibility index (Phi) is 3.84. The Labute approximate surface area is 143 Å². The summed E-state index contributed by atoms with van der Waals surface area (Å²) in [5.74, 6) is 1.77. The summed E-state index contributed by atoms with van der Waals surface area (Å²) in [7, 11) is 0. The first-order chi connectivity index (χ1) is 12.2. The minimum absolute atomic E-state index is 0.299. The molecule has 128 valence electrons. The predicted molar refractivity (Wildman–Crippen MR) is 88.1 cm³/mol. The largest absolute Gasteiger partial charge is 0.331 e. The number of carbonyl (C=O) groups is 1. The molecule has 3 aromatic rings. The summed E-state index contributed by atoms with van der Waals surface area (Å²) in [4.78, 5) is 12.2. The van der Waals surface area contributed by atoms with Crippen LogP contribution in [-0.2, 0) is 19.5 Å². The third-order valence-electron chi connectivity index (χ3n) is 4.18. The third-order valence-corrected chi connectivity index (χ3v) is 4.18. The van der Waals surface area contributed by atoms with Gasteiger partial charge < -0.3 is 15.2 Å². The van der Waals surface area contributed by atoms with Crippen LogP contribution >= 0.6 is 0 Å². The van der Waals surface area contributed by atoms with E-state index >= 15 is 0 Å². The second-order valence-corrected chi connectivity index (χ2v) is 5.85. The molecule has 25 heavy (non-hydrogen) atoms. The number of rotatable bonds is 4. The van der Waals surface area contributed by atoms with Crippen molar-refractivity contribution in [3.63, 3.8) is 0 Å². The van der Waals surface area contributed by atoms with Crippen molar-refractivity contribution in [1.82, 2.24) is 40.3 Å². The van der Waals surface area contributed by atoms with E-state index < -0.39 is 0 Å². The van der Waals surface area contributed by atoms with Gasteiger partial charge in [-0.25, -0.2) is 9.48 Å². The van der Waals surface area contributed by atoms with Gasteiger partial charge in [0, 0.05) is 18.7 Å². The molecule has 0 bridgehead atoms. The fourth-order valence-electron chi connectivity index (χ4n) is 2.83. The van der Waals surface area contributed by atoms with Crippen LogP contribution in [0.15, 0.2) is 24.5 Å². The topological polar surface area (TPSA) is 115 Å². The van der Waals surface area contributed by atoms with Gasteiger partial charge in [0.25, 0.3) is 0 Å². The van der Waals surface area contributed by atoms with Crippen LogP contribution in [0.3, 0.4) is 0 Å². The Hall–Kier alpha value is -3.30. The minimum atomic E-state index is -0.299. The van der Waals surface area contributed by atoms with Crippen molar-refractivity contribution in [1.29, 1.82) is 0 Å². The average Bonchev–Trinajstić information content (AvgIpc) is 3.33. The van der Waals surface area contributed by atoms with E-state index in [-0.39, 0.29) is 6.03 Å². The van der Waals surface area contributed by atoms with Gasteiger partial charge in [0.05, 0.1) is 12.2 Å². The highest BCUT2D eigenvalue weighted by Crippen LogP contribution is 2.19. The Morgan fingerprint density at radius 1 is 1.32 bits per heavy atom. The fraction of sp³-hybridized carbons (Fsp3) is 0.333. The monoisotopic (exact) mass is 339 g/mol. The van der Waals surface area contributed by atoms with Crippen LogP contribution in [0.25, 0.3) is 5.69 Å². The van der Waals surface area contributed by atoms with E-state index in [1.54, 1.807) is 0 Å². The van der Waals surface area contributed by atoms with Crippen LogP contribution in [-0.4, -0.2) is 41.0 Å². The summed E-state index contributed by atoms with van der Waals surface area (Å²) < 4.78 is 3.59. The van der Waals surface area contributed by atoms with E-state index in [9.17, 15) is 4.79 Å². The molecule has 1 aliphatic rings. The summed E-state index contributed by atoms with van der Waals surface area (Å²) >= 11 is 0. The number of nitrogens with one attached hydrogen (secondary N) is 2. The van der Waals surface area contributed by atoms with Crippen molar-refractivity contribution in [2.75, 3.05) is 5.32 Å². The van der Waals surface area contributed by atoms with E-state index in [1.165, 1.54) is 11.0 Å². The summed E-state index contributed by atoms with van der Waals surface area (Å²) in [5.41, 5.74) is 2.40. The molecule has 0 atom stereocenters. The van der Waals surface area contributed by atoms with E-state index in [4.69, 9.17) is 0 Å². The van der Waals surface area contributed by atoms with Crippen molar-refractivity contribution < 1.29 is 4.79 Å². The smallest absolute Gasteiger partial charge is 0.319 e. The molecule has 3 heterocycles. The highest BCUT2D eigenvalue weighted by atomic mass is 16.2. The van der Waals surface area contributed by atoms with E-state index in [0.29, 0.717) is 12.2 Å². The zero-order chi connectivity index (χ0) is 17.2. The first kappa shape index (κ1) is 15.2. The maximum atomic E-state index is 12.2. The fourth-order valence-corrected chi connectivity index (χ4v) is 2.83. The number of benzene rings is 1. The molecule has 0 fully saturated rings. The maximum absolute atomic E-state index is 12.2. The number of amides is 2. The number of tetrazole rings is 1. The zero-order valence-electron chi connectivity index (χ0n) is 13.7. The molecular formula is C15H17N9O. The number of fused-ring (bicyclic) bond motifs is 1. The van der Waals surface area contributed by atoms with Gasteiger partial charge in [0.15, 0.2) is 5.82 Å². The Balaban J connectivity index is 1.43. The molecule has 2 N–H and O–H groups in total. The molecule has 1 aliphatic heterocycles. The second kappa shape index (κ2) is 6.30. The van der Waals surface area contributed by atoms with Crippen molar-refractivity contribution in [3.8, 4) is 5.69 Å². The van der Waals surface area contributed by atoms with Gasteiger partial charge in [-0.3, -0.25) is 0 Å². The standard InChI is InChI=1S/C15H17N9O/c1-10-4-5-11(24-9-17-21-22-24)7-12(10)18-15(25)16-8-14-20-19-13-3-2-6-23(13)14/h4-5,7,9H,2-3,6,8H2,1H3,(H2,16,18,25). The lowest BCUT2D eigenvalue weighted by Crippen LogP contribution is -2.29. The van der Waals surface area contributed by atoms with Gasteiger partial charge in [-0.1, -0.05) is 6.07 Å². The normalized spacial score (nSPS) is 12.8. The number of carbonyl (C=O) groups excluding carboxylic acids is 1. The molecule has 2 aromatic heterocycles. The van der Waals surface area contributed by atoms with Gasteiger partial charge >= 0.3 is 6.03 Å². The van der Waals surface area contributed by atoms with Crippen molar-refractivity contribution >= 4 is 11.7 Å². The maximum Gasteiger partial charge on any atom is 0.319 e. The number of anilines is 1. The van der Waals surface area contributed by atoms with Gasteiger partial charge in [-0.05, 0) is 41.5 Å². The van der Waals surface area contributed by atoms with Crippen LogP contribution in [0, 0.1) is 6.92 Å². The van der Waals surface area contributed by atoms with Gasteiger partial charge in [-0.15, -0.1) is 15.3 Å². The Morgan fingerprint density at radius 3 is 3.08 bits per heavy atom. The van der Waals surface area contributed by atoms with E-state index in [0.717, 1.165) is 42.3 Å². The summed E-state index contributed by atoms with van der Waals surface area (Å²) in [5, 5.41) is 25.0. The number of nitrogens with zero attached hydrogens (tertiary/aromatic N) is 7. The molecule has 0 saturated heterocycles. The van der Waals surface area contributed by atoms with Crippen LogP contribution in [0.5, 0.6) is 0 Å². The number of aryl methyl sites for hydroxylation is 2. The molecule has 2 amide bonds. The predicted octanol–water partition coefficient (Wildman–Crippen LogP) is 0.830. The van der Waals surface area contributed by atoms with Crippen molar-refractivity contribution in [2.24, 2.45) is 0 Å². The lowest BCUT2D eigenvalue weighted by molar-refractivity contribution is 0.251. The minimum Gasteiger partial charge on any atom is -0.331 e. The Bertz CT molecular complexity index is 900. The number of hydrogen-bond acceptors (Lipinski definition) is 6. The van der Waals surface area contributed by atoms with Crippen LogP contribution < -0.4 is 10.6 Å². The molecule has 10 heteroatoms. The van der Waals surface area contributed by atoms with Crippen LogP contribution in [0.4, 0.5) is 10.5 Å². The quantitative estimate of drug-likeness (QED) is 0.727. The molecule has 1 aromatic carbocycles. The molecule has 10 nitrogen and oxygen atoms in total. The highest BCUT2D eigenvalue weighted by Gasteiger charge is 2.17. The Morgan fingerprint density at radius 2 is 2.24 bits per heavy atom. The van der Waals surface area contributed by atoms with Crippen LogP contribution in [0.1, 0.15) is 23.6 Å². The lowest BCUT2D eigenvalue weighted by atomic mass is 10.2. The summed E-state index contributed by atoms with van der Waals surface area (Å²) in [6, 6.07) is 5.30. The second-order valence-electron chi connectivity index (χ2n) is 5.85. The molecule has 0 saturated carbocycles. The number of aromatic nitrogens is 7. The molecule has 0 aliphatic carbocycles. The zero-order valence-corrected chi connectivity index (χ0v) is 13.7. The molecule has 4 rings (SSSR count). The molecular weight excluding hydrogens is 322 g/mol. The summed E-state index contributed by atoms with van der Waals surface area (Å²) in [6.45, 7) is 3.17. The molecule has 0 radical (unpaired) electrons. The van der Waals surface area contributed by atoms with Gasteiger partial charge in [0.2, 0.25) is 0 Å². The third kappa shape index (κ3) is 3.05. The van der Waals surface area contributed by atoms with Crippen LogP contribution in [0.2, 0.25) is 0 Å². The first-order valence-corrected chi connectivity index (χ1v) is 8.00. The molecule has 0 spiro atoms. The molecule has 0 unspecified atom stereocenters. The highest BCUT2D eigenvalue weighted by molar-refractivity contribution is 5.90. The van der Waals surface area contributed by atoms with Gasteiger partial charge in [0.1, 0.15) is 12.2 Å². The lowest BCUT2D eigenvalue weighted by Gasteiger charge is -2.11. The van der Waals surface area contributed by atoms with Crippen molar-refractivity contribution in [3.05, 3.63) is 41.7 Å². The number of hydrogen-bond donors (Lipinski definition) is 2. The van der Waals surface area contributed by atoms with Gasteiger partial charge in [-0.2, -0.15) is 0 Å². The van der Waals surface area contributed by atoms with E-state index in [2.05, 4.69) is 40.9 Å². The van der Waals surface area contributed by atoms with E-state index in [1.807, 2.05) is 25.1 Å². The van der Waals surface area contributed by atoms with Crippen molar-refractivity contribution in [2.45, 2.75) is 32.9 Å². The summed E-state index contributed by atoms with van der Waals surface area (Å²) in [6.07, 6.45) is 3.52. The average molecular weight is 339 g/mol. The first-order valence-electron chi connectivity index (χ1n) is 8.00. The number of urea groups is 1.